The molecule has 2 rings (SSSR count). The summed E-state index contributed by atoms with van der Waals surface area (Å²) in [7, 11) is 3.18. The van der Waals surface area contributed by atoms with E-state index in [-0.39, 0.29) is 10.8 Å². The first-order valence-electron chi connectivity index (χ1n) is 6.74. The number of ether oxygens (including phenoxy) is 1. The molecule has 1 aliphatic heterocycles. The molecule has 0 unspecified atom stereocenters. The fourth-order valence-corrected chi connectivity index (χ4v) is 3.25. The molecule has 1 fully saturated rings. The van der Waals surface area contributed by atoms with Crippen molar-refractivity contribution in [2.75, 3.05) is 26.8 Å². The van der Waals surface area contributed by atoms with Gasteiger partial charge in [-0.05, 0) is 43.0 Å². The first kappa shape index (κ1) is 16.3. The maximum absolute atomic E-state index is 12.3. The van der Waals surface area contributed by atoms with Gasteiger partial charge in [-0.25, -0.2) is 8.42 Å². The standard InChI is InChI=1S/C14H18ClNO4S/c1-20-10-11-6-8-16(9-7-11)14(17)12-2-4-13(5-3-12)21(15,18)19/h2-5,11H,6-10H2,1H3. The predicted octanol–water partition coefficient (Wildman–Crippen LogP) is 2.11. The third kappa shape index (κ3) is 4.18. The van der Waals surface area contributed by atoms with Crippen LogP contribution in [0.5, 0.6) is 0 Å². The second-order valence-corrected chi connectivity index (χ2v) is 7.72. The van der Waals surface area contributed by atoms with Crippen LogP contribution in [0.3, 0.4) is 0 Å². The number of piperidine rings is 1. The minimum atomic E-state index is -3.75. The second-order valence-electron chi connectivity index (χ2n) is 5.15. The number of hydrogen-bond acceptors (Lipinski definition) is 4. The Balaban J connectivity index is 2.01. The summed E-state index contributed by atoms with van der Waals surface area (Å²) in [5.74, 6) is 0.423. The van der Waals surface area contributed by atoms with E-state index in [1.807, 2.05) is 0 Å². The van der Waals surface area contributed by atoms with Gasteiger partial charge < -0.3 is 9.64 Å². The lowest BCUT2D eigenvalue weighted by atomic mass is 9.97. The van der Waals surface area contributed by atoms with Crippen LogP contribution < -0.4 is 0 Å². The van der Waals surface area contributed by atoms with Crippen molar-refractivity contribution >= 4 is 25.6 Å². The number of amides is 1. The average Bonchev–Trinajstić information content (AvgIpc) is 2.47. The van der Waals surface area contributed by atoms with E-state index in [1.165, 1.54) is 24.3 Å². The number of rotatable bonds is 4. The zero-order valence-electron chi connectivity index (χ0n) is 11.8. The Morgan fingerprint density at radius 1 is 1.29 bits per heavy atom. The van der Waals surface area contributed by atoms with Crippen LogP contribution in [0.25, 0.3) is 0 Å². The first-order valence-corrected chi connectivity index (χ1v) is 9.05. The van der Waals surface area contributed by atoms with Crippen LogP contribution in [-0.4, -0.2) is 46.0 Å². The van der Waals surface area contributed by atoms with E-state index in [1.54, 1.807) is 12.0 Å². The highest BCUT2D eigenvalue weighted by atomic mass is 35.7. The molecule has 7 heteroatoms. The fraction of sp³-hybridized carbons (Fsp3) is 0.500. The van der Waals surface area contributed by atoms with Crippen LogP contribution in [-0.2, 0) is 13.8 Å². The Morgan fingerprint density at radius 2 is 1.86 bits per heavy atom. The van der Waals surface area contributed by atoms with Gasteiger partial charge >= 0.3 is 0 Å². The fourth-order valence-electron chi connectivity index (χ4n) is 2.48. The van der Waals surface area contributed by atoms with Crippen LogP contribution in [0.2, 0.25) is 0 Å². The Bertz CT molecular complexity index is 592. The monoisotopic (exact) mass is 331 g/mol. The maximum Gasteiger partial charge on any atom is 0.261 e. The Hall–Kier alpha value is -1.11. The zero-order chi connectivity index (χ0) is 15.5. The number of halogens is 1. The van der Waals surface area contributed by atoms with Gasteiger partial charge in [-0.15, -0.1) is 0 Å². The van der Waals surface area contributed by atoms with Gasteiger partial charge in [-0.2, -0.15) is 0 Å². The van der Waals surface area contributed by atoms with Gasteiger partial charge in [0.25, 0.3) is 15.0 Å². The molecule has 5 nitrogen and oxygen atoms in total. The van der Waals surface area contributed by atoms with Crippen LogP contribution in [0.4, 0.5) is 0 Å². The summed E-state index contributed by atoms with van der Waals surface area (Å²) in [6.45, 7) is 2.12. The lowest BCUT2D eigenvalue weighted by Gasteiger charge is -2.31. The van der Waals surface area contributed by atoms with Gasteiger partial charge in [0.2, 0.25) is 0 Å². The van der Waals surface area contributed by atoms with E-state index in [2.05, 4.69) is 0 Å². The number of carbonyl (C=O) groups is 1. The molecule has 0 aromatic heterocycles. The lowest BCUT2D eigenvalue weighted by molar-refractivity contribution is 0.0613. The number of carbonyl (C=O) groups excluding carboxylic acids is 1. The molecule has 1 heterocycles. The quantitative estimate of drug-likeness (QED) is 0.793. The normalized spacial score (nSPS) is 17.0. The van der Waals surface area contributed by atoms with E-state index < -0.39 is 9.05 Å². The summed E-state index contributed by atoms with van der Waals surface area (Å²) in [6.07, 6.45) is 1.85. The summed E-state index contributed by atoms with van der Waals surface area (Å²) in [5.41, 5.74) is 0.476. The summed E-state index contributed by atoms with van der Waals surface area (Å²) in [6, 6.07) is 5.71. The molecule has 0 spiro atoms. The molecule has 0 N–H and O–H groups in total. The molecule has 1 aliphatic rings. The van der Waals surface area contributed by atoms with E-state index in [4.69, 9.17) is 15.4 Å². The number of benzene rings is 1. The van der Waals surface area contributed by atoms with E-state index in [0.29, 0.717) is 24.6 Å². The molecule has 0 radical (unpaired) electrons. The Kier molecular flexibility index (Phi) is 5.24. The van der Waals surface area contributed by atoms with Crippen LogP contribution in [0, 0.1) is 5.92 Å². The van der Waals surface area contributed by atoms with Gasteiger partial charge in [-0.3, -0.25) is 4.79 Å². The van der Waals surface area contributed by atoms with E-state index in [0.717, 1.165) is 19.4 Å². The van der Waals surface area contributed by atoms with Crippen molar-refractivity contribution in [2.45, 2.75) is 17.7 Å². The average molecular weight is 332 g/mol. The minimum Gasteiger partial charge on any atom is -0.384 e. The number of methoxy groups -OCH3 is 1. The van der Waals surface area contributed by atoms with Crippen molar-refractivity contribution < 1.29 is 17.9 Å². The van der Waals surface area contributed by atoms with Gasteiger partial charge in [0.05, 0.1) is 4.90 Å². The van der Waals surface area contributed by atoms with Gasteiger partial charge in [0.1, 0.15) is 0 Å². The van der Waals surface area contributed by atoms with Crippen molar-refractivity contribution in [3.05, 3.63) is 29.8 Å². The van der Waals surface area contributed by atoms with E-state index >= 15 is 0 Å². The van der Waals surface area contributed by atoms with Crippen molar-refractivity contribution in [3.63, 3.8) is 0 Å². The van der Waals surface area contributed by atoms with Crippen LogP contribution in [0.15, 0.2) is 29.2 Å². The van der Waals surface area contributed by atoms with Crippen molar-refractivity contribution in [1.82, 2.24) is 4.90 Å². The molecular formula is C14H18ClNO4S. The molecule has 0 aliphatic carbocycles. The summed E-state index contributed by atoms with van der Waals surface area (Å²) in [5, 5.41) is 0. The van der Waals surface area contributed by atoms with Crippen LogP contribution >= 0.6 is 10.7 Å². The molecule has 116 valence electrons. The van der Waals surface area contributed by atoms with Crippen molar-refractivity contribution in [1.29, 1.82) is 0 Å². The van der Waals surface area contributed by atoms with E-state index in [9.17, 15) is 13.2 Å². The lowest BCUT2D eigenvalue weighted by Crippen LogP contribution is -2.39. The highest BCUT2D eigenvalue weighted by molar-refractivity contribution is 8.13. The maximum atomic E-state index is 12.3. The highest BCUT2D eigenvalue weighted by Crippen LogP contribution is 2.20. The summed E-state index contributed by atoms with van der Waals surface area (Å²) in [4.78, 5) is 14.1. The van der Waals surface area contributed by atoms with Gasteiger partial charge in [-0.1, -0.05) is 0 Å². The third-order valence-corrected chi connectivity index (χ3v) is 5.06. The molecule has 0 bridgehead atoms. The third-order valence-electron chi connectivity index (χ3n) is 3.69. The number of likely N-dealkylation sites (tertiary alicyclic amines) is 1. The smallest absolute Gasteiger partial charge is 0.261 e. The van der Waals surface area contributed by atoms with Gasteiger partial charge in [0, 0.05) is 43.1 Å². The molecule has 1 saturated heterocycles. The molecular weight excluding hydrogens is 314 g/mol. The Morgan fingerprint density at radius 3 is 2.33 bits per heavy atom. The minimum absolute atomic E-state index is 0.000445. The number of nitrogens with zero attached hydrogens (tertiary/aromatic N) is 1. The molecule has 1 amide bonds. The summed E-state index contributed by atoms with van der Waals surface area (Å²) < 4.78 is 27.5. The molecule has 1 aromatic carbocycles. The van der Waals surface area contributed by atoms with Crippen LogP contribution in [0.1, 0.15) is 23.2 Å². The molecule has 0 saturated carbocycles. The zero-order valence-corrected chi connectivity index (χ0v) is 13.4. The highest BCUT2D eigenvalue weighted by Gasteiger charge is 2.23. The predicted molar refractivity (Wildman–Crippen MR) is 80.0 cm³/mol. The first-order chi connectivity index (χ1) is 9.91. The number of hydrogen-bond donors (Lipinski definition) is 0. The topological polar surface area (TPSA) is 63.7 Å². The molecule has 0 atom stereocenters. The molecule has 21 heavy (non-hydrogen) atoms. The summed E-state index contributed by atoms with van der Waals surface area (Å²) >= 11 is 0. The second kappa shape index (κ2) is 6.77. The largest absolute Gasteiger partial charge is 0.384 e. The molecule has 1 aromatic rings. The Labute approximate surface area is 129 Å². The van der Waals surface area contributed by atoms with Crippen molar-refractivity contribution in [2.24, 2.45) is 5.92 Å². The van der Waals surface area contributed by atoms with Gasteiger partial charge in [0.15, 0.2) is 0 Å². The van der Waals surface area contributed by atoms with Crippen molar-refractivity contribution in [3.8, 4) is 0 Å². The SMILES string of the molecule is COCC1CCN(C(=O)c2ccc(S(=O)(=O)Cl)cc2)CC1.